The van der Waals surface area contributed by atoms with Gasteiger partial charge in [-0.2, -0.15) is 0 Å². The van der Waals surface area contributed by atoms with Gasteiger partial charge in [-0.25, -0.2) is 15.0 Å². The predicted octanol–water partition coefficient (Wildman–Crippen LogP) is 1.50. The van der Waals surface area contributed by atoms with Crippen molar-refractivity contribution in [1.29, 1.82) is 0 Å². The van der Waals surface area contributed by atoms with Crippen LogP contribution in [0.15, 0.2) is 40.4 Å². The maximum absolute atomic E-state index is 11.5. The van der Waals surface area contributed by atoms with Crippen LogP contribution >= 0.6 is 11.8 Å². The van der Waals surface area contributed by atoms with Crippen LogP contribution in [0.2, 0.25) is 0 Å². The number of aliphatic hydroxyl groups excluding tert-OH is 1. The Labute approximate surface area is 147 Å². The van der Waals surface area contributed by atoms with E-state index in [0.29, 0.717) is 27.9 Å². The number of H-pyrrole nitrogens is 1. The number of anilines is 1. The number of fused-ring (bicyclic) bond motifs is 1. The van der Waals surface area contributed by atoms with Crippen molar-refractivity contribution in [2.45, 2.75) is 23.9 Å². The van der Waals surface area contributed by atoms with Gasteiger partial charge in [-0.05, 0) is 24.6 Å². The highest BCUT2D eigenvalue weighted by atomic mass is 32.2. The summed E-state index contributed by atoms with van der Waals surface area (Å²) in [7, 11) is 0. The molecule has 3 aromatic rings. The Morgan fingerprint density at radius 2 is 2.04 bits per heavy atom. The summed E-state index contributed by atoms with van der Waals surface area (Å²) in [6.45, 7) is 1.74. The fourth-order valence-electron chi connectivity index (χ4n) is 2.10. The molecule has 2 aromatic heterocycles. The average Bonchev–Trinajstić information content (AvgIpc) is 2.60. The van der Waals surface area contributed by atoms with Crippen LogP contribution in [-0.2, 0) is 5.75 Å². The summed E-state index contributed by atoms with van der Waals surface area (Å²) < 4.78 is 0. The van der Waals surface area contributed by atoms with Gasteiger partial charge in [0, 0.05) is 11.8 Å². The fraction of sp³-hybridized carbons (Fsp3) is 0.250. The van der Waals surface area contributed by atoms with E-state index >= 15 is 0 Å². The number of aliphatic hydroxyl groups is 1. The monoisotopic (exact) mass is 359 g/mol. The number of aromatic hydroxyl groups is 1. The minimum Gasteiger partial charge on any atom is -0.508 e. The minimum absolute atomic E-state index is 0.0646. The van der Waals surface area contributed by atoms with Crippen LogP contribution in [0, 0.1) is 0 Å². The lowest BCUT2D eigenvalue weighted by Gasteiger charge is -2.13. The zero-order valence-corrected chi connectivity index (χ0v) is 14.2. The summed E-state index contributed by atoms with van der Waals surface area (Å²) in [5, 5.41) is 22.1. The maximum atomic E-state index is 11.5. The van der Waals surface area contributed by atoms with Crippen molar-refractivity contribution >= 4 is 28.7 Å². The summed E-state index contributed by atoms with van der Waals surface area (Å²) in [5.74, 6) is 1.27. The Morgan fingerprint density at radius 3 is 2.76 bits per heavy atom. The quantitative estimate of drug-likeness (QED) is 0.386. The highest BCUT2D eigenvalue weighted by molar-refractivity contribution is 7.98. The molecule has 9 heteroatoms. The van der Waals surface area contributed by atoms with E-state index in [9.17, 15) is 15.0 Å². The molecule has 0 fully saturated rings. The number of phenols is 1. The summed E-state index contributed by atoms with van der Waals surface area (Å²) in [6.07, 6.45) is 1.17. The molecular weight excluding hydrogens is 342 g/mol. The highest BCUT2D eigenvalue weighted by Gasteiger charge is 2.12. The number of hydrogen-bond donors (Lipinski definition) is 4. The number of benzene rings is 1. The van der Waals surface area contributed by atoms with Crippen molar-refractivity contribution in [3.05, 3.63) is 46.4 Å². The summed E-state index contributed by atoms with van der Waals surface area (Å²) in [5.41, 5.74) is 1.43. The zero-order chi connectivity index (χ0) is 17.8. The number of phenolic OH excluding ortho intramolecular Hbond substituents is 1. The van der Waals surface area contributed by atoms with Gasteiger partial charge in [0.25, 0.3) is 5.56 Å². The Hall–Kier alpha value is -2.65. The van der Waals surface area contributed by atoms with E-state index in [4.69, 9.17) is 0 Å². The van der Waals surface area contributed by atoms with Gasteiger partial charge in [0.1, 0.15) is 11.3 Å². The lowest BCUT2D eigenvalue weighted by Crippen LogP contribution is -2.21. The third-order valence-electron chi connectivity index (χ3n) is 3.38. The topological polar surface area (TPSA) is 124 Å². The minimum atomic E-state index is -0.346. The smallest absolute Gasteiger partial charge is 0.268 e. The van der Waals surface area contributed by atoms with E-state index in [1.165, 1.54) is 18.0 Å². The highest BCUT2D eigenvalue weighted by Crippen LogP contribution is 2.25. The second-order valence-corrected chi connectivity index (χ2v) is 6.43. The van der Waals surface area contributed by atoms with E-state index in [1.807, 2.05) is 19.1 Å². The van der Waals surface area contributed by atoms with Crippen LogP contribution < -0.4 is 10.9 Å². The van der Waals surface area contributed by atoms with Gasteiger partial charge in [0.05, 0.1) is 12.8 Å². The first-order valence-corrected chi connectivity index (χ1v) is 8.59. The number of aromatic nitrogens is 4. The van der Waals surface area contributed by atoms with Crippen molar-refractivity contribution in [2.24, 2.45) is 0 Å². The van der Waals surface area contributed by atoms with Gasteiger partial charge in [0.2, 0.25) is 0 Å². The maximum Gasteiger partial charge on any atom is 0.268 e. The number of nitrogens with one attached hydrogen (secondary N) is 2. The molecule has 130 valence electrons. The molecule has 0 saturated carbocycles. The number of nitrogens with zero attached hydrogens (tertiary/aromatic N) is 3. The molecule has 0 aliphatic rings. The van der Waals surface area contributed by atoms with Crippen LogP contribution in [0.4, 0.5) is 5.82 Å². The molecule has 0 bridgehead atoms. The van der Waals surface area contributed by atoms with Crippen LogP contribution in [0.25, 0.3) is 11.2 Å². The molecule has 0 spiro atoms. The van der Waals surface area contributed by atoms with Crippen molar-refractivity contribution in [2.75, 3.05) is 11.9 Å². The molecule has 0 saturated heterocycles. The van der Waals surface area contributed by atoms with Gasteiger partial charge in [-0.1, -0.05) is 23.9 Å². The zero-order valence-electron chi connectivity index (χ0n) is 13.4. The van der Waals surface area contributed by atoms with E-state index in [2.05, 4.69) is 25.3 Å². The van der Waals surface area contributed by atoms with E-state index in [1.54, 1.807) is 12.1 Å². The molecule has 0 radical (unpaired) electrons. The fourth-order valence-corrected chi connectivity index (χ4v) is 2.90. The second kappa shape index (κ2) is 7.49. The first kappa shape index (κ1) is 17.2. The van der Waals surface area contributed by atoms with Crippen LogP contribution in [0.5, 0.6) is 5.75 Å². The molecule has 2 heterocycles. The van der Waals surface area contributed by atoms with Crippen molar-refractivity contribution in [3.63, 3.8) is 0 Å². The molecule has 8 nitrogen and oxygen atoms in total. The molecule has 25 heavy (non-hydrogen) atoms. The molecule has 0 amide bonds. The predicted molar refractivity (Wildman–Crippen MR) is 95.8 cm³/mol. The molecule has 4 N–H and O–H groups in total. The van der Waals surface area contributed by atoms with Gasteiger partial charge < -0.3 is 20.5 Å². The lowest BCUT2D eigenvalue weighted by atomic mass is 10.2. The largest absolute Gasteiger partial charge is 0.508 e. The summed E-state index contributed by atoms with van der Waals surface area (Å²) in [4.78, 5) is 27.1. The molecule has 3 rings (SSSR count). The Morgan fingerprint density at radius 1 is 1.28 bits per heavy atom. The second-order valence-electron chi connectivity index (χ2n) is 5.48. The Bertz CT molecular complexity index is 929. The normalized spacial score (nSPS) is 12.2. The molecule has 1 atom stereocenters. The molecule has 0 unspecified atom stereocenters. The number of aromatic amines is 1. The summed E-state index contributed by atoms with van der Waals surface area (Å²) >= 11 is 1.39. The number of rotatable bonds is 6. The SMILES string of the molecule is C[C@H](CO)Nc1nc(SCc2ccc(O)cc2)nc2[nH]c(=O)cnc12. The van der Waals surface area contributed by atoms with E-state index in [-0.39, 0.29) is 24.0 Å². The molecule has 0 aliphatic heterocycles. The van der Waals surface area contributed by atoms with Gasteiger partial charge >= 0.3 is 0 Å². The van der Waals surface area contributed by atoms with Crippen LogP contribution in [-0.4, -0.2) is 42.8 Å². The van der Waals surface area contributed by atoms with E-state index in [0.717, 1.165) is 5.56 Å². The molecule has 1 aromatic carbocycles. The van der Waals surface area contributed by atoms with E-state index < -0.39 is 0 Å². The van der Waals surface area contributed by atoms with Gasteiger partial charge in [0.15, 0.2) is 16.6 Å². The number of hydrogen-bond acceptors (Lipinski definition) is 8. The average molecular weight is 359 g/mol. The summed E-state index contributed by atoms with van der Waals surface area (Å²) in [6, 6.07) is 6.66. The first-order chi connectivity index (χ1) is 12.0. The van der Waals surface area contributed by atoms with Crippen molar-refractivity contribution < 1.29 is 10.2 Å². The Kier molecular flexibility index (Phi) is 5.15. The molecule has 0 aliphatic carbocycles. The molecular formula is C16H17N5O3S. The third-order valence-corrected chi connectivity index (χ3v) is 4.30. The first-order valence-electron chi connectivity index (χ1n) is 7.60. The lowest BCUT2D eigenvalue weighted by molar-refractivity contribution is 0.281. The van der Waals surface area contributed by atoms with Gasteiger partial charge in [-0.15, -0.1) is 0 Å². The standard InChI is InChI=1S/C16H17N5O3S/c1-9(7-22)18-14-13-15(19-12(24)6-17-13)21-16(20-14)25-8-10-2-4-11(23)5-3-10/h2-6,9,22-23H,7-8H2,1H3,(H2,18,19,20,21,24)/t9-/m1/s1. The van der Waals surface area contributed by atoms with Crippen molar-refractivity contribution in [1.82, 2.24) is 19.9 Å². The van der Waals surface area contributed by atoms with Crippen LogP contribution in [0.1, 0.15) is 12.5 Å². The number of thioether (sulfide) groups is 1. The van der Waals surface area contributed by atoms with Gasteiger partial charge in [-0.3, -0.25) is 4.79 Å². The van der Waals surface area contributed by atoms with Crippen LogP contribution in [0.3, 0.4) is 0 Å². The van der Waals surface area contributed by atoms with Crippen molar-refractivity contribution in [3.8, 4) is 5.75 Å². The Balaban J connectivity index is 1.91. The third kappa shape index (κ3) is 4.25.